The molecule has 8 heteroatoms. The average Bonchev–Trinajstić information content (AvgIpc) is 3.49. The maximum Gasteiger partial charge on any atom is 0.336 e. The molecule has 2 aliphatic rings. The highest BCUT2D eigenvalue weighted by Gasteiger charge is 2.53. The molecule has 3 aromatic rings. The largest absolute Gasteiger partial charge is 0.478 e. The quantitative estimate of drug-likeness (QED) is 0.329. The zero-order valence-corrected chi connectivity index (χ0v) is 19.9. The minimum atomic E-state index is -3.44. The number of carbonyl (C=O) groups excluding carboxylic acids is 1. The number of benzene rings is 2. The topological polar surface area (TPSA) is 71.3 Å². The van der Waals surface area contributed by atoms with Crippen LogP contribution in [0.5, 0.6) is 0 Å². The average molecular weight is 507 g/mol. The van der Waals surface area contributed by atoms with Crippen molar-refractivity contribution in [2.75, 3.05) is 5.32 Å². The van der Waals surface area contributed by atoms with Gasteiger partial charge >= 0.3 is 5.97 Å². The van der Waals surface area contributed by atoms with E-state index in [1.54, 1.807) is 12.1 Å². The lowest BCUT2D eigenvalue weighted by Gasteiger charge is -2.27. The third-order valence-corrected chi connectivity index (χ3v) is 7.37. The second kappa shape index (κ2) is 9.12. The monoisotopic (exact) mass is 506 g/mol. The first-order valence-corrected chi connectivity index (χ1v) is 12.1. The van der Waals surface area contributed by atoms with Crippen molar-refractivity contribution in [3.63, 3.8) is 0 Å². The molecule has 1 amide bonds. The molecule has 0 aliphatic heterocycles. The van der Waals surface area contributed by atoms with Gasteiger partial charge in [-0.2, -0.15) is 8.78 Å². The maximum absolute atomic E-state index is 14.9. The first-order valence-electron chi connectivity index (χ1n) is 12.1. The van der Waals surface area contributed by atoms with Crippen LogP contribution in [0.15, 0.2) is 73.2 Å². The zero-order chi connectivity index (χ0) is 26.4. The Labute approximate surface area is 211 Å². The van der Waals surface area contributed by atoms with Gasteiger partial charge in [0.05, 0.1) is 11.0 Å². The highest BCUT2D eigenvalue weighted by Crippen LogP contribution is 2.50. The van der Waals surface area contributed by atoms with Gasteiger partial charge in [-0.15, -0.1) is 5.73 Å². The van der Waals surface area contributed by atoms with Crippen LogP contribution in [0, 0.1) is 5.82 Å². The Morgan fingerprint density at radius 2 is 1.92 bits per heavy atom. The fraction of sp³-hybridized carbons (Fsp3) is 0.276. The van der Waals surface area contributed by atoms with E-state index in [9.17, 15) is 27.9 Å². The lowest BCUT2D eigenvalue weighted by atomic mass is 9.92. The van der Waals surface area contributed by atoms with Crippen LogP contribution >= 0.6 is 0 Å². The first-order chi connectivity index (χ1) is 17.6. The summed E-state index contributed by atoms with van der Waals surface area (Å²) < 4.78 is 45.2. The zero-order valence-electron chi connectivity index (χ0n) is 19.9. The number of nitrogens with zero attached hydrogens (tertiary/aromatic N) is 1. The summed E-state index contributed by atoms with van der Waals surface area (Å²) in [6.07, 6.45) is 8.40. The van der Waals surface area contributed by atoms with E-state index in [4.69, 9.17) is 0 Å². The highest BCUT2D eigenvalue weighted by molar-refractivity contribution is 6.03. The normalized spacial score (nSPS) is 16.4. The number of amides is 1. The van der Waals surface area contributed by atoms with Crippen molar-refractivity contribution in [2.45, 2.75) is 49.5 Å². The maximum atomic E-state index is 14.9. The van der Waals surface area contributed by atoms with Gasteiger partial charge in [-0.3, -0.25) is 4.79 Å². The van der Waals surface area contributed by atoms with Gasteiger partial charge in [0.1, 0.15) is 5.82 Å². The van der Waals surface area contributed by atoms with Gasteiger partial charge in [-0.05, 0) is 61.9 Å². The number of allylic oxidation sites excluding steroid dienone is 1. The molecule has 1 aromatic heterocycles. The van der Waals surface area contributed by atoms with Gasteiger partial charge in [-0.25, -0.2) is 9.18 Å². The van der Waals surface area contributed by atoms with Crippen molar-refractivity contribution >= 4 is 17.6 Å². The van der Waals surface area contributed by atoms with E-state index in [0.717, 1.165) is 30.5 Å². The van der Waals surface area contributed by atoms with Crippen LogP contribution in [0.25, 0.3) is 11.1 Å². The van der Waals surface area contributed by atoms with E-state index in [1.807, 2.05) is 24.2 Å². The predicted octanol–water partition coefficient (Wildman–Crippen LogP) is 6.82. The number of hydrogen-bond donors (Lipinski definition) is 2. The summed E-state index contributed by atoms with van der Waals surface area (Å²) in [4.78, 5) is 25.2. The number of aromatic nitrogens is 1. The third kappa shape index (κ3) is 4.49. The summed E-state index contributed by atoms with van der Waals surface area (Å²) in [5.41, 5.74) is 1.87. The molecule has 0 bridgehead atoms. The molecular formula is C29H25F3N2O3. The fourth-order valence-electron chi connectivity index (χ4n) is 4.85. The Balaban J connectivity index is 1.39. The van der Waals surface area contributed by atoms with E-state index in [-0.39, 0.29) is 16.8 Å². The molecule has 37 heavy (non-hydrogen) atoms. The number of aromatic carboxylic acids is 1. The van der Waals surface area contributed by atoms with Crippen LogP contribution in [-0.4, -0.2) is 21.6 Å². The smallest absolute Gasteiger partial charge is 0.336 e. The first kappa shape index (κ1) is 24.7. The molecule has 0 saturated heterocycles. The lowest BCUT2D eigenvalue weighted by Crippen LogP contribution is -2.29. The predicted molar refractivity (Wildman–Crippen MR) is 133 cm³/mol. The summed E-state index contributed by atoms with van der Waals surface area (Å²) in [6, 6.07) is 9.97. The summed E-state index contributed by atoms with van der Waals surface area (Å²) >= 11 is 0. The standard InChI is InChI=1S/C29H25F3N2O3/c1-2-11-29(31,32)19-6-9-24(25(30)15-19)28(12-13-28)27(37)33-20-7-8-22(23(16-20)26(35)36)18-10-14-34(17-18)21-4-3-5-21/h6-11,14-17,21H,1,3-5,12-13H2,(H,33,37)(H,35,36). The van der Waals surface area contributed by atoms with Crippen LogP contribution in [0.1, 0.15) is 59.6 Å². The van der Waals surface area contributed by atoms with Crippen LogP contribution < -0.4 is 5.32 Å². The van der Waals surface area contributed by atoms with Gasteiger partial charge in [0, 0.05) is 46.9 Å². The number of alkyl halides is 2. The SMILES string of the molecule is C=C=CC(F)(F)c1ccc(C2(C(=O)Nc3ccc(-c4ccn(C5CCC5)c4)c(C(=O)O)c3)CC2)c(F)c1. The Hall–Kier alpha value is -4.03. The van der Waals surface area contributed by atoms with Gasteiger partial charge in [0.15, 0.2) is 0 Å². The Bertz CT molecular complexity index is 1440. The molecule has 190 valence electrons. The Kier molecular flexibility index (Phi) is 6.08. The van der Waals surface area contributed by atoms with E-state index in [0.29, 0.717) is 30.5 Å². The number of halogens is 3. The molecule has 1 heterocycles. The van der Waals surface area contributed by atoms with Crippen LogP contribution in [0.2, 0.25) is 0 Å². The Morgan fingerprint density at radius 3 is 2.51 bits per heavy atom. The van der Waals surface area contributed by atoms with Crippen LogP contribution in [-0.2, 0) is 16.1 Å². The van der Waals surface area contributed by atoms with Crippen molar-refractivity contribution in [3.05, 3.63) is 95.8 Å². The van der Waals surface area contributed by atoms with Crippen molar-refractivity contribution in [3.8, 4) is 11.1 Å². The number of hydrogen-bond acceptors (Lipinski definition) is 2. The number of anilines is 1. The molecule has 2 fully saturated rings. The molecule has 0 atom stereocenters. The lowest BCUT2D eigenvalue weighted by molar-refractivity contribution is -0.118. The molecule has 0 unspecified atom stereocenters. The van der Waals surface area contributed by atoms with Gasteiger partial charge < -0.3 is 15.0 Å². The molecule has 5 nitrogen and oxygen atoms in total. The van der Waals surface area contributed by atoms with Gasteiger partial charge in [0.2, 0.25) is 5.91 Å². The van der Waals surface area contributed by atoms with E-state index >= 15 is 0 Å². The minimum Gasteiger partial charge on any atom is -0.478 e. The van der Waals surface area contributed by atoms with E-state index in [1.165, 1.54) is 18.6 Å². The number of carbonyl (C=O) groups is 2. The second-order valence-electron chi connectivity index (χ2n) is 9.70. The molecule has 0 spiro atoms. The second-order valence-corrected chi connectivity index (χ2v) is 9.70. The van der Waals surface area contributed by atoms with E-state index in [2.05, 4.69) is 16.5 Å². The highest BCUT2D eigenvalue weighted by atomic mass is 19.3. The minimum absolute atomic E-state index is 0.0274. The third-order valence-electron chi connectivity index (χ3n) is 7.37. The fourth-order valence-corrected chi connectivity index (χ4v) is 4.85. The van der Waals surface area contributed by atoms with Crippen molar-refractivity contribution in [2.24, 2.45) is 0 Å². The number of nitrogens with one attached hydrogen (secondary N) is 1. The van der Waals surface area contributed by atoms with Crippen molar-refractivity contribution < 1.29 is 27.9 Å². The molecule has 2 aliphatic carbocycles. The molecule has 2 saturated carbocycles. The summed E-state index contributed by atoms with van der Waals surface area (Å²) in [5, 5.41) is 12.5. The molecular weight excluding hydrogens is 481 g/mol. The molecule has 2 N–H and O–H groups in total. The molecule has 5 rings (SSSR count). The van der Waals surface area contributed by atoms with Gasteiger partial charge in [0.25, 0.3) is 5.92 Å². The number of carboxylic acids is 1. The number of rotatable bonds is 8. The van der Waals surface area contributed by atoms with Gasteiger partial charge in [-0.1, -0.05) is 24.8 Å². The summed E-state index contributed by atoms with van der Waals surface area (Å²) in [5.74, 6) is -6.00. The summed E-state index contributed by atoms with van der Waals surface area (Å²) in [7, 11) is 0. The van der Waals surface area contributed by atoms with Crippen molar-refractivity contribution in [1.82, 2.24) is 4.57 Å². The van der Waals surface area contributed by atoms with E-state index < -0.39 is 34.6 Å². The van der Waals surface area contributed by atoms with Crippen LogP contribution in [0.3, 0.4) is 0 Å². The van der Waals surface area contributed by atoms with Crippen molar-refractivity contribution in [1.29, 1.82) is 0 Å². The molecule has 2 aromatic carbocycles. The number of carboxylic acid groups (broad SMARTS) is 1. The Morgan fingerprint density at radius 1 is 1.16 bits per heavy atom. The summed E-state index contributed by atoms with van der Waals surface area (Å²) in [6.45, 7) is 3.13. The molecule has 0 radical (unpaired) electrons. The van der Waals surface area contributed by atoms with Crippen LogP contribution in [0.4, 0.5) is 18.9 Å².